The predicted molar refractivity (Wildman–Crippen MR) is 71.8 cm³/mol. The normalized spacial score (nSPS) is 17.7. The Morgan fingerprint density at radius 2 is 2.12 bits per heavy atom. The summed E-state index contributed by atoms with van der Waals surface area (Å²) in [5.41, 5.74) is 0. The van der Waals surface area contributed by atoms with Crippen LogP contribution in [-0.2, 0) is 0 Å². The molecule has 0 bridgehead atoms. The number of hydrogen-bond acceptors (Lipinski definition) is 2. The van der Waals surface area contributed by atoms with Crippen LogP contribution in [0.5, 0.6) is 0 Å². The molecular formula is C14H28N2. The highest BCUT2D eigenvalue weighted by Gasteiger charge is 2.23. The Kier molecular flexibility index (Phi) is 6.74. The molecule has 1 unspecified atom stereocenters. The Hall–Kier alpha value is -0.340. The third kappa shape index (κ3) is 5.13. The van der Waals surface area contributed by atoms with E-state index in [1.807, 2.05) is 6.08 Å². The molecule has 0 spiro atoms. The lowest BCUT2D eigenvalue weighted by molar-refractivity contribution is 0.200. The van der Waals surface area contributed by atoms with Gasteiger partial charge in [0, 0.05) is 25.2 Å². The number of hydrogen-bond donors (Lipinski definition) is 1. The van der Waals surface area contributed by atoms with Gasteiger partial charge in [-0.1, -0.05) is 26.3 Å². The second kappa shape index (κ2) is 7.86. The minimum atomic E-state index is 0.698. The largest absolute Gasteiger partial charge is 0.312 e. The lowest BCUT2D eigenvalue weighted by Crippen LogP contribution is -2.43. The average molecular weight is 224 g/mol. The molecule has 16 heavy (non-hydrogen) atoms. The molecule has 94 valence electrons. The smallest absolute Gasteiger partial charge is 0.0223 e. The molecule has 1 rings (SSSR count). The molecule has 0 heterocycles. The Morgan fingerprint density at radius 1 is 1.38 bits per heavy atom. The zero-order valence-corrected chi connectivity index (χ0v) is 11.0. The molecule has 1 saturated carbocycles. The van der Waals surface area contributed by atoms with E-state index in [1.165, 1.54) is 38.6 Å². The Bertz CT molecular complexity index is 187. The van der Waals surface area contributed by atoms with E-state index in [9.17, 15) is 0 Å². The fourth-order valence-electron chi connectivity index (χ4n) is 2.21. The fourth-order valence-corrected chi connectivity index (χ4v) is 2.21. The summed E-state index contributed by atoms with van der Waals surface area (Å²) in [6.45, 7) is 11.8. The number of nitrogens with one attached hydrogen (secondary N) is 1. The Morgan fingerprint density at radius 3 is 2.62 bits per heavy atom. The van der Waals surface area contributed by atoms with Crippen molar-refractivity contribution in [3.8, 4) is 0 Å². The van der Waals surface area contributed by atoms with Crippen LogP contribution in [0.3, 0.4) is 0 Å². The summed E-state index contributed by atoms with van der Waals surface area (Å²) in [5, 5.41) is 3.66. The van der Waals surface area contributed by atoms with Gasteiger partial charge in [0.05, 0.1) is 0 Å². The molecule has 0 aromatic heterocycles. The third-order valence-electron chi connectivity index (χ3n) is 3.23. The first kappa shape index (κ1) is 13.7. The maximum atomic E-state index is 3.87. The molecule has 0 aromatic rings. The molecule has 2 nitrogen and oxygen atoms in total. The lowest BCUT2D eigenvalue weighted by Gasteiger charge is -2.30. The third-order valence-corrected chi connectivity index (χ3v) is 3.23. The summed E-state index contributed by atoms with van der Waals surface area (Å²) in [4.78, 5) is 2.58. The maximum Gasteiger partial charge on any atom is 0.0223 e. The SMILES string of the molecule is C=CCN(CCC)C(CCC)CNC1CC1. The van der Waals surface area contributed by atoms with Crippen molar-refractivity contribution in [1.29, 1.82) is 0 Å². The zero-order valence-electron chi connectivity index (χ0n) is 11.0. The van der Waals surface area contributed by atoms with Crippen LogP contribution in [0.15, 0.2) is 12.7 Å². The first-order valence-corrected chi connectivity index (χ1v) is 6.90. The van der Waals surface area contributed by atoms with Gasteiger partial charge in [-0.2, -0.15) is 0 Å². The molecule has 1 fully saturated rings. The predicted octanol–water partition coefficient (Wildman–Crippen LogP) is 2.81. The first-order chi connectivity index (χ1) is 7.81. The van der Waals surface area contributed by atoms with Crippen LogP contribution in [0, 0.1) is 0 Å². The van der Waals surface area contributed by atoms with Gasteiger partial charge in [-0.15, -0.1) is 6.58 Å². The summed E-state index contributed by atoms with van der Waals surface area (Å²) in [6, 6.07) is 1.52. The Labute approximate surface area is 101 Å². The van der Waals surface area contributed by atoms with Crippen molar-refractivity contribution in [3.63, 3.8) is 0 Å². The van der Waals surface area contributed by atoms with Crippen LogP contribution in [0.4, 0.5) is 0 Å². The summed E-state index contributed by atoms with van der Waals surface area (Å²) in [6.07, 6.45) is 8.61. The standard InChI is InChI=1S/C14H28N2/c1-4-7-14(12-15-13-8-9-13)16(10-5-2)11-6-3/h5,13-15H,2,4,6-12H2,1,3H3. The van der Waals surface area contributed by atoms with Crippen LogP contribution in [0.25, 0.3) is 0 Å². The molecule has 1 aliphatic carbocycles. The monoisotopic (exact) mass is 224 g/mol. The lowest BCUT2D eigenvalue weighted by atomic mass is 10.1. The van der Waals surface area contributed by atoms with E-state index in [0.717, 1.165) is 19.1 Å². The van der Waals surface area contributed by atoms with Crippen molar-refractivity contribution in [2.24, 2.45) is 0 Å². The van der Waals surface area contributed by atoms with Crippen LogP contribution >= 0.6 is 0 Å². The summed E-state index contributed by atoms with van der Waals surface area (Å²) < 4.78 is 0. The fraction of sp³-hybridized carbons (Fsp3) is 0.857. The van der Waals surface area contributed by atoms with Crippen LogP contribution in [-0.4, -0.2) is 36.6 Å². The van der Waals surface area contributed by atoms with Gasteiger partial charge in [-0.25, -0.2) is 0 Å². The van der Waals surface area contributed by atoms with Crippen molar-refractivity contribution < 1.29 is 0 Å². The van der Waals surface area contributed by atoms with Crippen LogP contribution < -0.4 is 5.32 Å². The maximum absolute atomic E-state index is 3.87. The van der Waals surface area contributed by atoms with Crippen molar-refractivity contribution in [2.45, 2.75) is 58.0 Å². The molecule has 0 aromatic carbocycles. The molecule has 2 heteroatoms. The number of rotatable bonds is 10. The molecule has 0 saturated heterocycles. The highest BCUT2D eigenvalue weighted by Crippen LogP contribution is 2.19. The molecule has 1 aliphatic rings. The quantitative estimate of drug-likeness (QED) is 0.574. The van der Waals surface area contributed by atoms with Gasteiger partial charge in [-0.05, 0) is 32.2 Å². The van der Waals surface area contributed by atoms with E-state index in [0.29, 0.717) is 6.04 Å². The molecule has 1 N–H and O–H groups in total. The van der Waals surface area contributed by atoms with E-state index in [-0.39, 0.29) is 0 Å². The minimum absolute atomic E-state index is 0.698. The van der Waals surface area contributed by atoms with Gasteiger partial charge in [0.25, 0.3) is 0 Å². The highest BCUT2D eigenvalue weighted by atomic mass is 15.2. The second-order valence-corrected chi connectivity index (χ2v) is 4.91. The number of nitrogens with zero attached hydrogens (tertiary/aromatic N) is 1. The van der Waals surface area contributed by atoms with Crippen LogP contribution in [0.2, 0.25) is 0 Å². The van der Waals surface area contributed by atoms with Gasteiger partial charge >= 0.3 is 0 Å². The van der Waals surface area contributed by atoms with Crippen molar-refractivity contribution >= 4 is 0 Å². The van der Waals surface area contributed by atoms with E-state index >= 15 is 0 Å². The van der Waals surface area contributed by atoms with E-state index in [4.69, 9.17) is 0 Å². The summed E-state index contributed by atoms with van der Waals surface area (Å²) >= 11 is 0. The van der Waals surface area contributed by atoms with Crippen molar-refractivity contribution in [1.82, 2.24) is 10.2 Å². The van der Waals surface area contributed by atoms with Crippen molar-refractivity contribution in [3.05, 3.63) is 12.7 Å². The molecule has 1 atom stereocenters. The summed E-state index contributed by atoms with van der Waals surface area (Å²) in [5.74, 6) is 0. The van der Waals surface area contributed by atoms with Crippen LogP contribution in [0.1, 0.15) is 46.0 Å². The first-order valence-electron chi connectivity index (χ1n) is 6.90. The average Bonchev–Trinajstić information content (AvgIpc) is 3.08. The summed E-state index contributed by atoms with van der Waals surface area (Å²) in [7, 11) is 0. The topological polar surface area (TPSA) is 15.3 Å². The van der Waals surface area contributed by atoms with Gasteiger partial charge in [0.2, 0.25) is 0 Å². The highest BCUT2D eigenvalue weighted by molar-refractivity contribution is 4.86. The van der Waals surface area contributed by atoms with Gasteiger partial charge in [0.1, 0.15) is 0 Å². The molecular weight excluding hydrogens is 196 g/mol. The van der Waals surface area contributed by atoms with E-state index < -0.39 is 0 Å². The zero-order chi connectivity index (χ0) is 11.8. The van der Waals surface area contributed by atoms with E-state index in [1.54, 1.807) is 0 Å². The Balaban J connectivity index is 2.37. The van der Waals surface area contributed by atoms with E-state index in [2.05, 4.69) is 30.6 Å². The van der Waals surface area contributed by atoms with Gasteiger partial charge in [0.15, 0.2) is 0 Å². The van der Waals surface area contributed by atoms with Crippen molar-refractivity contribution in [2.75, 3.05) is 19.6 Å². The van der Waals surface area contributed by atoms with Gasteiger partial charge in [-0.3, -0.25) is 4.90 Å². The minimum Gasteiger partial charge on any atom is -0.312 e. The molecule has 0 amide bonds. The van der Waals surface area contributed by atoms with Gasteiger partial charge < -0.3 is 5.32 Å². The molecule has 0 aliphatic heterocycles. The second-order valence-electron chi connectivity index (χ2n) is 4.91. The molecule has 0 radical (unpaired) electrons.